The van der Waals surface area contributed by atoms with Gasteiger partial charge in [-0.25, -0.2) is 0 Å². The molecule has 0 radical (unpaired) electrons. The molecule has 1 amide bonds. The number of carbonyl (C=O) groups excluding carboxylic acids is 1. The van der Waals surface area contributed by atoms with Crippen molar-refractivity contribution in [2.45, 2.75) is 19.3 Å². The van der Waals surface area contributed by atoms with Crippen LogP contribution >= 0.6 is 0 Å². The first-order valence-electron chi connectivity index (χ1n) is 4.72. The van der Waals surface area contributed by atoms with E-state index < -0.39 is 0 Å². The van der Waals surface area contributed by atoms with E-state index in [1.54, 1.807) is 7.11 Å². The Labute approximate surface area is 78.8 Å². The second kappa shape index (κ2) is 4.58. The molecular weight excluding hydrogens is 168 g/mol. The molecule has 0 heterocycles. The molecule has 76 valence electrons. The van der Waals surface area contributed by atoms with Crippen LogP contribution in [0, 0.1) is 5.41 Å². The van der Waals surface area contributed by atoms with E-state index >= 15 is 0 Å². The molecule has 0 aliphatic heterocycles. The van der Waals surface area contributed by atoms with E-state index in [1.807, 2.05) is 0 Å². The Balaban J connectivity index is 2.28. The molecule has 4 heteroatoms. The second-order valence-corrected chi connectivity index (χ2v) is 3.59. The summed E-state index contributed by atoms with van der Waals surface area (Å²) in [5.74, 6) is 0.0956. The number of nitrogens with two attached hydrogens (primary N) is 1. The third-order valence-corrected chi connectivity index (χ3v) is 2.77. The number of rotatable bonds is 5. The van der Waals surface area contributed by atoms with E-state index in [1.165, 1.54) is 0 Å². The van der Waals surface area contributed by atoms with Gasteiger partial charge in [-0.3, -0.25) is 4.79 Å². The summed E-state index contributed by atoms with van der Waals surface area (Å²) in [6, 6.07) is 0. The van der Waals surface area contributed by atoms with Crippen molar-refractivity contribution in [3.8, 4) is 0 Å². The lowest BCUT2D eigenvalue weighted by Crippen LogP contribution is -2.50. The van der Waals surface area contributed by atoms with Gasteiger partial charge in [0.25, 0.3) is 0 Å². The molecular formula is C9H18N2O2. The standard InChI is InChI=1S/C9H18N2O2/c1-13-6-5-11-8(12)9(7-10)3-2-4-9/h2-7,10H2,1H3,(H,11,12). The zero-order valence-corrected chi connectivity index (χ0v) is 8.14. The average Bonchev–Trinajstić information content (AvgIpc) is 2.04. The van der Waals surface area contributed by atoms with E-state index in [2.05, 4.69) is 5.32 Å². The summed E-state index contributed by atoms with van der Waals surface area (Å²) >= 11 is 0. The van der Waals surface area contributed by atoms with Gasteiger partial charge in [-0.1, -0.05) is 6.42 Å². The maximum absolute atomic E-state index is 11.6. The van der Waals surface area contributed by atoms with Gasteiger partial charge in [0, 0.05) is 20.2 Å². The molecule has 0 atom stereocenters. The van der Waals surface area contributed by atoms with Crippen molar-refractivity contribution in [3.05, 3.63) is 0 Å². The largest absolute Gasteiger partial charge is 0.383 e. The predicted molar refractivity (Wildman–Crippen MR) is 50.2 cm³/mol. The maximum Gasteiger partial charge on any atom is 0.227 e. The number of carbonyl (C=O) groups is 1. The van der Waals surface area contributed by atoms with Crippen LogP contribution in [0.2, 0.25) is 0 Å². The highest BCUT2D eigenvalue weighted by Gasteiger charge is 2.42. The first-order valence-corrected chi connectivity index (χ1v) is 4.72. The number of hydrogen-bond acceptors (Lipinski definition) is 3. The molecule has 1 aliphatic rings. The Hall–Kier alpha value is -0.610. The zero-order chi connectivity index (χ0) is 9.73. The van der Waals surface area contributed by atoms with Crippen molar-refractivity contribution in [2.75, 3.05) is 26.8 Å². The topological polar surface area (TPSA) is 64.3 Å². The Morgan fingerprint density at radius 1 is 1.62 bits per heavy atom. The van der Waals surface area contributed by atoms with E-state index in [0.717, 1.165) is 19.3 Å². The molecule has 1 saturated carbocycles. The molecule has 0 saturated heterocycles. The normalized spacial score (nSPS) is 19.2. The maximum atomic E-state index is 11.6. The van der Waals surface area contributed by atoms with Crippen molar-refractivity contribution in [2.24, 2.45) is 11.1 Å². The van der Waals surface area contributed by atoms with Gasteiger partial charge >= 0.3 is 0 Å². The third-order valence-electron chi connectivity index (χ3n) is 2.77. The summed E-state index contributed by atoms with van der Waals surface area (Å²) in [6.45, 7) is 1.61. The van der Waals surface area contributed by atoms with Crippen LogP contribution in [0.4, 0.5) is 0 Å². The Kier molecular flexibility index (Phi) is 3.69. The van der Waals surface area contributed by atoms with Crippen LogP contribution in [0.1, 0.15) is 19.3 Å². The molecule has 4 nitrogen and oxygen atoms in total. The molecule has 0 unspecified atom stereocenters. The highest BCUT2D eigenvalue weighted by Crippen LogP contribution is 2.39. The van der Waals surface area contributed by atoms with Crippen molar-refractivity contribution in [3.63, 3.8) is 0 Å². The molecule has 1 aliphatic carbocycles. The van der Waals surface area contributed by atoms with E-state index in [0.29, 0.717) is 19.7 Å². The van der Waals surface area contributed by atoms with Gasteiger partial charge in [-0.2, -0.15) is 0 Å². The quantitative estimate of drug-likeness (QED) is 0.588. The van der Waals surface area contributed by atoms with Crippen LogP contribution < -0.4 is 11.1 Å². The monoisotopic (exact) mass is 186 g/mol. The lowest BCUT2D eigenvalue weighted by atomic mass is 9.68. The fraction of sp³-hybridized carbons (Fsp3) is 0.889. The van der Waals surface area contributed by atoms with Gasteiger partial charge in [0.1, 0.15) is 0 Å². The lowest BCUT2D eigenvalue weighted by molar-refractivity contribution is -0.135. The Morgan fingerprint density at radius 2 is 2.31 bits per heavy atom. The number of amides is 1. The van der Waals surface area contributed by atoms with E-state index in [4.69, 9.17) is 10.5 Å². The van der Waals surface area contributed by atoms with Gasteiger partial charge in [0.15, 0.2) is 0 Å². The fourth-order valence-electron chi connectivity index (χ4n) is 1.58. The highest BCUT2D eigenvalue weighted by molar-refractivity contribution is 5.83. The van der Waals surface area contributed by atoms with Crippen LogP contribution in [0.25, 0.3) is 0 Å². The third kappa shape index (κ3) is 2.19. The molecule has 1 rings (SSSR count). The van der Waals surface area contributed by atoms with Crippen LogP contribution in [-0.2, 0) is 9.53 Å². The first-order chi connectivity index (χ1) is 6.25. The van der Waals surface area contributed by atoms with Gasteiger partial charge in [-0.15, -0.1) is 0 Å². The van der Waals surface area contributed by atoms with Crippen molar-refractivity contribution in [1.29, 1.82) is 0 Å². The molecule has 13 heavy (non-hydrogen) atoms. The van der Waals surface area contributed by atoms with E-state index in [-0.39, 0.29) is 11.3 Å². The Bertz CT molecular complexity index is 173. The minimum Gasteiger partial charge on any atom is -0.383 e. The summed E-state index contributed by atoms with van der Waals surface area (Å²) < 4.78 is 4.84. The molecule has 1 fully saturated rings. The minimum absolute atomic E-state index is 0.0956. The van der Waals surface area contributed by atoms with Gasteiger partial charge in [0.2, 0.25) is 5.91 Å². The number of nitrogens with one attached hydrogen (secondary N) is 1. The van der Waals surface area contributed by atoms with Crippen molar-refractivity contribution >= 4 is 5.91 Å². The van der Waals surface area contributed by atoms with E-state index in [9.17, 15) is 4.79 Å². The number of ether oxygens (including phenoxy) is 1. The second-order valence-electron chi connectivity index (χ2n) is 3.59. The summed E-state index contributed by atoms with van der Waals surface area (Å²) in [5, 5.41) is 2.83. The lowest BCUT2D eigenvalue weighted by Gasteiger charge is -2.39. The van der Waals surface area contributed by atoms with Gasteiger partial charge in [-0.05, 0) is 12.8 Å². The summed E-state index contributed by atoms with van der Waals surface area (Å²) in [5.41, 5.74) is 5.33. The summed E-state index contributed by atoms with van der Waals surface area (Å²) in [4.78, 5) is 11.6. The number of methoxy groups -OCH3 is 1. The smallest absolute Gasteiger partial charge is 0.227 e. The molecule has 0 aromatic heterocycles. The van der Waals surface area contributed by atoms with Crippen molar-refractivity contribution in [1.82, 2.24) is 5.32 Å². The molecule has 0 spiro atoms. The molecule has 0 aromatic carbocycles. The molecule has 0 bridgehead atoms. The van der Waals surface area contributed by atoms with Crippen LogP contribution in [0.3, 0.4) is 0 Å². The van der Waals surface area contributed by atoms with Gasteiger partial charge in [0.05, 0.1) is 12.0 Å². The fourth-order valence-corrected chi connectivity index (χ4v) is 1.58. The van der Waals surface area contributed by atoms with Crippen molar-refractivity contribution < 1.29 is 9.53 Å². The summed E-state index contributed by atoms with van der Waals surface area (Å²) in [6.07, 6.45) is 2.99. The van der Waals surface area contributed by atoms with Crippen LogP contribution in [-0.4, -0.2) is 32.7 Å². The SMILES string of the molecule is COCCNC(=O)C1(CN)CCC1. The number of hydrogen-bond donors (Lipinski definition) is 2. The summed E-state index contributed by atoms with van der Waals surface area (Å²) in [7, 11) is 1.62. The first kappa shape index (κ1) is 10.5. The van der Waals surface area contributed by atoms with Gasteiger partial charge < -0.3 is 15.8 Å². The molecule has 0 aromatic rings. The van der Waals surface area contributed by atoms with Crippen LogP contribution in [0.15, 0.2) is 0 Å². The predicted octanol–water partition coefficient (Wildman–Crippen LogP) is -0.122. The van der Waals surface area contributed by atoms with Crippen LogP contribution in [0.5, 0.6) is 0 Å². The zero-order valence-electron chi connectivity index (χ0n) is 8.14. The highest BCUT2D eigenvalue weighted by atomic mass is 16.5. The average molecular weight is 186 g/mol. The minimum atomic E-state index is -0.256. The molecule has 3 N–H and O–H groups in total. The Morgan fingerprint density at radius 3 is 2.69 bits per heavy atom.